The second-order valence-electron chi connectivity index (χ2n) is 4.56. The molecule has 0 atom stereocenters. The van der Waals surface area contributed by atoms with Gasteiger partial charge in [0.05, 0.1) is 10.0 Å². The Hall–Kier alpha value is -2.04. The predicted molar refractivity (Wildman–Crippen MR) is 90.2 cm³/mol. The Bertz CT molecular complexity index is 700. The lowest BCUT2D eigenvalue weighted by atomic mass is 10.1. The average molecular weight is 337 g/mol. The van der Waals surface area contributed by atoms with Crippen molar-refractivity contribution in [1.29, 1.82) is 0 Å². The number of urea groups is 1. The summed E-state index contributed by atoms with van der Waals surface area (Å²) in [5.41, 5.74) is 1.74. The maximum Gasteiger partial charge on any atom is 0.323 e. The van der Waals surface area contributed by atoms with Crippen LogP contribution in [0, 0.1) is 0 Å². The minimum Gasteiger partial charge on any atom is -0.308 e. The highest BCUT2D eigenvalue weighted by Crippen LogP contribution is 2.25. The van der Waals surface area contributed by atoms with Gasteiger partial charge in [-0.2, -0.15) is 0 Å². The summed E-state index contributed by atoms with van der Waals surface area (Å²) in [6.07, 6.45) is 0.449. The van der Waals surface area contributed by atoms with Crippen LogP contribution in [0.3, 0.4) is 0 Å². The van der Waals surface area contributed by atoms with E-state index in [-0.39, 0.29) is 5.78 Å². The number of amides is 2. The number of carbonyl (C=O) groups excluding carboxylic acids is 2. The van der Waals surface area contributed by atoms with Gasteiger partial charge in [-0.15, -0.1) is 0 Å². The minimum atomic E-state index is -0.409. The maximum absolute atomic E-state index is 11.9. The quantitative estimate of drug-likeness (QED) is 0.751. The number of Topliss-reactive ketones (excluding diaryl/α,β-unsaturated/α-hetero) is 1. The van der Waals surface area contributed by atoms with Crippen molar-refractivity contribution < 1.29 is 9.59 Å². The Balaban J connectivity index is 1.99. The molecule has 2 N–H and O–H groups in total. The topological polar surface area (TPSA) is 58.2 Å². The molecule has 0 bridgehead atoms. The molecule has 0 aromatic heterocycles. The van der Waals surface area contributed by atoms with Gasteiger partial charge in [0.2, 0.25) is 0 Å². The first-order valence-corrected chi connectivity index (χ1v) is 7.41. The molecule has 22 heavy (non-hydrogen) atoms. The average Bonchev–Trinajstić information content (AvgIpc) is 2.51. The molecule has 2 amide bonds. The van der Waals surface area contributed by atoms with E-state index < -0.39 is 6.03 Å². The third-order valence-electron chi connectivity index (χ3n) is 2.96. The first-order valence-electron chi connectivity index (χ1n) is 6.66. The lowest BCUT2D eigenvalue weighted by Crippen LogP contribution is -2.19. The first-order chi connectivity index (χ1) is 10.5. The molecule has 0 aliphatic carbocycles. The van der Waals surface area contributed by atoms with Gasteiger partial charge in [-0.3, -0.25) is 4.79 Å². The van der Waals surface area contributed by atoms with E-state index in [1.54, 1.807) is 49.4 Å². The molecule has 2 aromatic carbocycles. The zero-order valence-corrected chi connectivity index (χ0v) is 13.3. The Labute approximate surface area is 138 Å². The van der Waals surface area contributed by atoms with Gasteiger partial charge in [0.15, 0.2) is 5.78 Å². The van der Waals surface area contributed by atoms with E-state index in [0.717, 1.165) is 0 Å². The summed E-state index contributed by atoms with van der Waals surface area (Å²) in [4.78, 5) is 23.4. The fourth-order valence-electron chi connectivity index (χ4n) is 1.81. The molecular weight excluding hydrogens is 323 g/mol. The molecular formula is C16H14Cl2N2O2. The molecule has 4 nitrogen and oxygen atoms in total. The molecule has 0 fully saturated rings. The molecule has 2 aromatic rings. The summed E-state index contributed by atoms with van der Waals surface area (Å²) >= 11 is 11.7. The molecule has 0 aliphatic rings. The third-order valence-corrected chi connectivity index (χ3v) is 3.70. The van der Waals surface area contributed by atoms with E-state index in [4.69, 9.17) is 23.2 Å². The number of rotatable bonds is 4. The molecule has 0 spiro atoms. The van der Waals surface area contributed by atoms with Gasteiger partial charge in [-0.25, -0.2) is 4.79 Å². The van der Waals surface area contributed by atoms with Crippen LogP contribution < -0.4 is 10.6 Å². The van der Waals surface area contributed by atoms with Crippen molar-refractivity contribution in [2.75, 3.05) is 10.6 Å². The van der Waals surface area contributed by atoms with Crippen LogP contribution in [-0.2, 0) is 0 Å². The van der Waals surface area contributed by atoms with Gasteiger partial charge in [0.25, 0.3) is 0 Å². The number of ketones is 1. The van der Waals surface area contributed by atoms with Crippen LogP contribution in [0.2, 0.25) is 10.0 Å². The lowest BCUT2D eigenvalue weighted by Gasteiger charge is -2.09. The summed E-state index contributed by atoms with van der Waals surface area (Å²) in [5.74, 6) is 0.0619. The van der Waals surface area contributed by atoms with Crippen LogP contribution in [0.15, 0.2) is 42.5 Å². The molecule has 0 saturated heterocycles. The van der Waals surface area contributed by atoms with Crippen molar-refractivity contribution in [2.24, 2.45) is 0 Å². The summed E-state index contributed by atoms with van der Waals surface area (Å²) in [6, 6.07) is 11.1. The Kier molecular flexibility index (Phi) is 5.41. The molecule has 6 heteroatoms. The van der Waals surface area contributed by atoms with Crippen molar-refractivity contribution in [3.63, 3.8) is 0 Å². The standard InChI is InChI=1S/C16H14Cl2N2O2/c1-2-15(21)10-3-5-11(6-4-10)19-16(22)20-12-7-8-13(17)14(18)9-12/h3-9H,2H2,1H3,(H2,19,20,22). The van der Waals surface area contributed by atoms with E-state index in [9.17, 15) is 9.59 Å². The summed E-state index contributed by atoms with van der Waals surface area (Å²) in [7, 11) is 0. The predicted octanol–water partition coefficient (Wildman–Crippen LogP) is 5.23. The van der Waals surface area contributed by atoms with Crippen LogP contribution in [0.1, 0.15) is 23.7 Å². The molecule has 0 aliphatic heterocycles. The zero-order chi connectivity index (χ0) is 16.1. The van der Waals surface area contributed by atoms with Crippen molar-refractivity contribution in [3.8, 4) is 0 Å². The minimum absolute atomic E-state index is 0.0619. The highest BCUT2D eigenvalue weighted by atomic mass is 35.5. The number of halogens is 2. The summed E-state index contributed by atoms with van der Waals surface area (Å²) in [6.45, 7) is 1.80. The van der Waals surface area contributed by atoms with Gasteiger partial charge in [0, 0.05) is 23.4 Å². The van der Waals surface area contributed by atoms with Gasteiger partial charge in [-0.1, -0.05) is 30.1 Å². The second-order valence-corrected chi connectivity index (χ2v) is 5.38. The molecule has 0 radical (unpaired) electrons. The molecule has 0 heterocycles. The smallest absolute Gasteiger partial charge is 0.308 e. The number of carbonyl (C=O) groups is 2. The van der Waals surface area contributed by atoms with E-state index in [0.29, 0.717) is 33.4 Å². The second kappa shape index (κ2) is 7.29. The van der Waals surface area contributed by atoms with Crippen LogP contribution >= 0.6 is 23.2 Å². The van der Waals surface area contributed by atoms with Crippen LogP contribution in [0.4, 0.5) is 16.2 Å². The van der Waals surface area contributed by atoms with Crippen molar-refractivity contribution in [2.45, 2.75) is 13.3 Å². The normalized spacial score (nSPS) is 10.1. The van der Waals surface area contributed by atoms with E-state index in [1.807, 2.05) is 0 Å². The third kappa shape index (κ3) is 4.23. The molecule has 114 valence electrons. The number of hydrogen-bond donors (Lipinski definition) is 2. The number of nitrogens with one attached hydrogen (secondary N) is 2. The lowest BCUT2D eigenvalue weighted by molar-refractivity contribution is 0.0988. The van der Waals surface area contributed by atoms with Crippen LogP contribution in [0.5, 0.6) is 0 Å². The monoisotopic (exact) mass is 336 g/mol. The first kappa shape index (κ1) is 16.3. The maximum atomic E-state index is 11.9. The zero-order valence-electron chi connectivity index (χ0n) is 11.8. The highest BCUT2D eigenvalue weighted by Gasteiger charge is 2.06. The number of anilines is 2. The highest BCUT2D eigenvalue weighted by molar-refractivity contribution is 6.42. The van der Waals surface area contributed by atoms with E-state index in [1.165, 1.54) is 0 Å². The Morgan fingerprint density at radius 1 is 0.909 bits per heavy atom. The Morgan fingerprint density at radius 3 is 2.09 bits per heavy atom. The van der Waals surface area contributed by atoms with Crippen molar-refractivity contribution in [1.82, 2.24) is 0 Å². The summed E-state index contributed by atoms with van der Waals surface area (Å²) in [5, 5.41) is 6.10. The SMILES string of the molecule is CCC(=O)c1ccc(NC(=O)Nc2ccc(Cl)c(Cl)c2)cc1. The van der Waals surface area contributed by atoms with E-state index >= 15 is 0 Å². The van der Waals surface area contributed by atoms with Gasteiger partial charge < -0.3 is 10.6 Å². The van der Waals surface area contributed by atoms with Crippen molar-refractivity contribution in [3.05, 3.63) is 58.1 Å². The van der Waals surface area contributed by atoms with E-state index in [2.05, 4.69) is 10.6 Å². The molecule has 0 unspecified atom stereocenters. The Morgan fingerprint density at radius 2 is 1.50 bits per heavy atom. The van der Waals surface area contributed by atoms with Gasteiger partial charge in [0.1, 0.15) is 0 Å². The summed E-state index contributed by atoms with van der Waals surface area (Å²) < 4.78 is 0. The fourth-order valence-corrected chi connectivity index (χ4v) is 2.11. The van der Waals surface area contributed by atoms with Gasteiger partial charge in [-0.05, 0) is 42.5 Å². The van der Waals surface area contributed by atoms with Crippen LogP contribution in [-0.4, -0.2) is 11.8 Å². The van der Waals surface area contributed by atoms with Gasteiger partial charge >= 0.3 is 6.03 Å². The molecule has 0 saturated carbocycles. The fraction of sp³-hybridized carbons (Fsp3) is 0.125. The van der Waals surface area contributed by atoms with Crippen LogP contribution in [0.25, 0.3) is 0 Å². The number of benzene rings is 2. The largest absolute Gasteiger partial charge is 0.323 e. The van der Waals surface area contributed by atoms with Crippen molar-refractivity contribution >= 4 is 46.4 Å². The molecule has 2 rings (SSSR count). The number of hydrogen-bond acceptors (Lipinski definition) is 2.